The Morgan fingerprint density at radius 1 is 0.792 bits per heavy atom. The first-order chi connectivity index (χ1) is 10.4. The van der Waals surface area contributed by atoms with E-state index in [1.165, 1.54) is 51.4 Å². The summed E-state index contributed by atoms with van der Waals surface area (Å²) in [6.45, 7) is 2.22. The predicted octanol–water partition coefficient (Wildman–Crippen LogP) is 3.12. The van der Waals surface area contributed by atoms with E-state index in [4.69, 9.17) is 9.66 Å². The van der Waals surface area contributed by atoms with Crippen molar-refractivity contribution in [1.29, 1.82) is 0 Å². The summed E-state index contributed by atoms with van der Waals surface area (Å²) in [5.74, 6) is -1.47. The Morgan fingerprint density at radius 3 is 1.42 bits per heavy atom. The Morgan fingerprint density at radius 2 is 1.12 bits per heavy atom. The minimum absolute atomic E-state index is 0. The van der Waals surface area contributed by atoms with E-state index in [1.54, 1.807) is 0 Å². The number of rotatable bonds is 15. The van der Waals surface area contributed by atoms with Crippen LogP contribution in [0.1, 0.15) is 90.4 Å². The molecule has 136 valence electrons. The second kappa shape index (κ2) is 19.2. The zero-order chi connectivity index (χ0) is 16.8. The van der Waals surface area contributed by atoms with Crippen molar-refractivity contribution in [2.24, 2.45) is 0 Å². The van der Waals surface area contributed by atoms with E-state index in [-0.39, 0.29) is 65.5 Å². The predicted molar refractivity (Wildman–Crippen MR) is 103 cm³/mol. The average Bonchev–Trinajstić information content (AvgIpc) is 2.42. The van der Waals surface area contributed by atoms with Crippen LogP contribution in [-0.2, 0) is 14.9 Å². The van der Waals surface area contributed by atoms with E-state index in [1.807, 2.05) is 0 Å². The Kier molecular flexibility index (Phi) is 24.0. The summed E-state index contributed by atoms with van der Waals surface area (Å²) >= 11 is 0. The molecule has 0 bridgehead atoms. The maximum absolute atomic E-state index is 10.9. The molecule has 0 saturated heterocycles. The number of aliphatic carboxylic acids is 1. The summed E-state index contributed by atoms with van der Waals surface area (Å²) in [5.41, 5.74) is 0. The van der Waals surface area contributed by atoms with Crippen molar-refractivity contribution in [3.8, 4) is 0 Å². The SMILES string of the molecule is CCCCCCCCCCCCCCC(C(=O)O)S(=O)(=O)O.[NaH].[NaH]. The van der Waals surface area contributed by atoms with Gasteiger partial charge in [0.15, 0.2) is 5.25 Å². The second-order valence-corrected chi connectivity index (χ2v) is 7.62. The Bertz CT molecular complexity index is 388. The Balaban J connectivity index is -0.00000220. The number of unbranched alkanes of at least 4 members (excludes halogenated alkanes) is 11. The molecule has 5 nitrogen and oxygen atoms in total. The van der Waals surface area contributed by atoms with Crippen molar-refractivity contribution in [3.63, 3.8) is 0 Å². The first kappa shape index (κ1) is 30.1. The summed E-state index contributed by atoms with van der Waals surface area (Å²) in [6.07, 6.45) is 13.8. The fraction of sp³-hybridized carbons (Fsp3) is 0.938. The molecule has 24 heavy (non-hydrogen) atoms. The molecule has 0 spiro atoms. The normalized spacial score (nSPS) is 12.1. The van der Waals surface area contributed by atoms with E-state index < -0.39 is 21.3 Å². The van der Waals surface area contributed by atoms with Crippen LogP contribution in [0, 0.1) is 0 Å². The molecule has 0 aromatic rings. The number of carboxylic acid groups (broad SMARTS) is 1. The molecule has 1 atom stereocenters. The number of hydrogen-bond acceptors (Lipinski definition) is 3. The van der Waals surface area contributed by atoms with Gasteiger partial charge in [-0.25, -0.2) is 0 Å². The molecule has 0 heterocycles. The summed E-state index contributed by atoms with van der Waals surface area (Å²) in [4.78, 5) is 10.7. The summed E-state index contributed by atoms with van der Waals surface area (Å²) < 4.78 is 30.6. The van der Waals surface area contributed by atoms with Crippen LogP contribution in [0.5, 0.6) is 0 Å². The van der Waals surface area contributed by atoms with Crippen molar-refractivity contribution >= 4 is 75.2 Å². The van der Waals surface area contributed by atoms with Crippen molar-refractivity contribution in [2.75, 3.05) is 0 Å². The minimum atomic E-state index is -4.48. The molecule has 0 radical (unpaired) electrons. The average molecular weight is 384 g/mol. The molecular weight excluding hydrogens is 350 g/mol. The van der Waals surface area contributed by atoms with Crippen molar-refractivity contribution in [2.45, 2.75) is 95.6 Å². The molecule has 0 aliphatic rings. The topological polar surface area (TPSA) is 91.7 Å². The third-order valence-electron chi connectivity index (χ3n) is 3.95. The van der Waals surface area contributed by atoms with E-state index in [9.17, 15) is 13.2 Å². The summed E-state index contributed by atoms with van der Waals surface area (Å²) in [6, 6.07) is 0. The van der Waals surface area contributed by atoms with Gasteiger partial charge in [0.25, 0.3) is 10.1 Å². The standard InChI is InChI=1S/C16H32O5S.2Na.2H/c1-2-3-4-5-6-7-8-9-10-11-12-13-14-15(16(17)18)22(19,20)21;;;;/h15H,2-14H2,1H3,(H,17,18)(H,19,20,21);;;;. The van der Waals surface area contributed by atoms with E-state index in [0.717, 1.165) is 19.3 Å². The molecule has 0 fully saturated rings. The van der Waals surface area contributed by atoms with Crippen LogP contribution in [0.3, 0.4) is 0 Å². The van der Waals surface area contributed by atoms with E-state index in [2.05, 4.69) is 6.92 Å². The van der Waals surface area contributed by atoms with Crippen molar-refractivity contribution in [3.05, 3.63) is 0 Å². The quantitative estimate of drug-likeness (QED) is 0.257. The van der Waals surface area contributed by atoms with E-state index >= 15 is 0 Å². The van der Waals surface area contributed by atoms with Crippen LogP contribution < -0.4 is 0 Å². The second-order valence-electron chi connectivity index (χ2n) is 6.02. The molecule has 0 saturated carbocycles. The van der Waals surface area contributed by atoms with Gasteiger partial charge in [-0.05, 0) is 6.42 Å². The molecule has 8 heteroatoms. The molecule has 0 aromatic carbocycles. The molecule has 0 aromatic heterocycles. The zero-order valence-corrected chi connectivity index (χ0v) is 14.6. The van der Waals surface area contributed by atoms with Gasteiger partial charge in [0.1, 0.15) is 0 Å². The van der Waals surface area contributed by atoms with Gasteiger partial charge < -0.3 is 5.11 Å². The number of hydrogen-bond donors (Lipinski definition) is 2. The number of carbonyl (C=O) groups is 1. The van der Waals surface area contributed by atoms with E-state index in [0.29, 0.717) is 6.42 Å². The van der Waals surface area contributed by atoms with Crippen LogP contribution in [0.4, 0.5) is 0 Å². The van der Waals surface area contributed by atoms with Crippen LogP contribution in [0.2, 0.25) is 0 Å². The Hall–Kier alpha value is 1.38. The van der Waals surface area contributed by atoms with Crippen molar-refractivity contribution < 1.29 is 22.9 Å². The van der Waals surface area contributed by atoms with Gasteiger partial charge in [0.2, 0.25) is 0 Å². The fourth-order valence-corrected chi connectivity index (χ4v) is 3.29. The van der Waals surface area contributed by atoms with Gasteiger partial charge in [-0.15, -0.1) is 0 Å². The van der Waals surface area contributed by atoms with Crippen LogP contribution in [-0.4, -0.2) is 88.4 Å². The third kappa shape index (κ3) is 18.2. The molecule has 0 aliphatic carbocycles. The molecule has 1 unspecified atom stereocenters. The third-order valence-corrected chi connectivity index (χ3v) is 5.11. The molecule has 0 rings (SSSR count). The van der Waals surface area contributed by atoms with Gasteiger partial charge in [-0.1, -0.05) is 84.0 Å². The van der Waals surface area contributed by atoms with Gasteiger partial charge in [0.05, 0.1) is 0 Å². The number of carboxylic acids is 1. The first-order valence-corrected chi connectivity index (χ1v) is 10.1. The summed E-state index contributed by atoms with van der Waals surface area (Å²) in [5, 5.41) is 7.08. The molecule has 2 N–H and O–H groups in total. The van der Waals surface area contributed by atoms with Crippen LogP contribution in [0.25, 0.3) is 0 Å². The first-order valence-electron chi connectivity index (χ1n) is 8.58. The van der Waals surface area contributed by atoms with Gasteiger partial charge in [-0.2, -0.15) is 8.42 Å². The molecule has 0 amide bonds. The van der Waals surface area contributed by atoms with Crippen LogP contribution in [0.15, 0.2) is 0 Å². The van der Waals surface area contributed by atoms with Gasteiger partial charge >= 0.3 is 65.1 Å². The van der Waals surface area contributed by atoms with Gasteiger partial charge in [-0.3, -0.25) is 9.35 Å². The molecule has 0 aliphatic heterocycles. The monoisotopic (exact) mass is 384 g/mol. The van der Waals surface area contributed by atoms with Crippen LogP contribution >= 0.6 is 0 Å². The van der Waals surface area contributed by atoms with Crippen molar-refractivity contribution in [1.82, 2.24) is 0 Å². The summed E-state index contributed by atoms with van der Waals surface area (Å²) in [7, 11) is -4.48. The molecular formula is C16H34Na2O5S. The Labute approximate surface area is 192 Å². The van der Waals surface area contributed by atoms with Gasteiger partial charge in [0, 0.05) is 0 Å². The fourth-order valence-electron chi connectivity index (χ4n) is 2.57. The zero-order valence-electron chi connectivity index (χ0n) is 13.8. The maximum atomic E-state index is 10.9.